The van der Waals surface area contributed by atoms with Crippen LogP contribution in [-0.4, -0.2) is 76.0 Å². The Bertz CT molecular complexity index is 496. The Labute approximate surface area is 138 Å². The first-order chi connectivity index (χ1) is 11.1. The number of hydrogen-bond acceptors (Lipinski definition) is 5. The first kappa shape index (κ1) is 17.9. The monoisotopic (exact) mass is 323 g/mol. The van der Waals surface area contributed by atoms with Crippen LogP contribution in [0.5, 0.6) is 0 Å². The lowest BCUT2D eigenvalue weighted by Crippen LogP contribution is -2.53. The minimum Gasteiger partial charge on any atom is -0.395 e. The van der Waals surface area contributed by atoms with Crippen molar-refractivity contribution >= 4 is 11.7 Å². The van der Waals surface area contributed by atoms with Gasteiger partial charge < -0.3 is 10.4 Å². The van der Waals surface area contributed by atoms with Gasteiger partial charge in [-0.15, -0.1) is 0 Å². The number of aromatic nitrogens is 2. The van der Waals surface area contributed by atoms with E-state index in [1.165, 1.54) is 0 Å². The molecule has 2 heterocycles. The van der Waals surface area contributed by atoms with Crippen LogP contribution in [0.1, 0.15) is 33.2 Å². The fraction of sp³-hybridized carbons (Fsp3) is 0.750. The van der Waals surface area contributed by atoms with E-state index < -0.39 is 0 Å². The van der Waals surface area contributed by atoms with Crippen molar-refractivity contribution in [3.63, 3.8) is 0 Å². The van der Waals surface area contributed by atoms with E-state index >= 15 is 0 Å². The number of nitrogens with one attached hydrogen (secondary N) is 1. The van der Waals surface area contributed by atoms with Gasteiger partial charge in [0.25, 0.3) is 0 Å². The molecule has 2 atom stereocenters. The summed E-state index contributed by atoms with van der Waals surface area (Å²) in [4.78, 5) is 16.9. The Balaban J connectivity index is 1.90. The first-order valence-electron chi connectivity index (χ1n) is 8.48. The summed E-state index contributed by atoms with van der Waals surface area (Å²) in [7, 11) is 0. The summed E-state index contributed by atoms with van der Waals surface area (Å²) in [6.07, 6.45) is 2.69. The number of carbonyl (C=O) groups is 1. The Kier molecular flexibility index (Phi) is 6.56. The molecule has 0 aromatic carbocycles. The van der Waals surface area contributed by atoms with Gasteiger partial charge in [-0.1, -0.05) is 6.92 Å². The third-order valence-electron chi connectivity index (χ3n) is 4.68. The third kappa shape index (κ3) is 4.53. The first-order valence-corrected chi connectivity index (χ1v) is 8.48. The van der Waals surface area contributed by atoms with E-state index in [-0.39, 0.29) is 24.6 Å². The second-order valence-corrected chi connectivity index (χ2v) is 6.18. The van der Waals surface area contributed by atoms with E-state index in [1.807, 2.05) is 17.7 Å². The van der Waals surface area contributed by atoms with Gasteiger partial charge in [0.2, 0.25) is 5.91 Å². The smallest absolute Gasteiger partial charge is 0.242 e. The average molecular weight is 323 g/mol. The molecular formula is C16H29N5O2. The Morgan fingerprint density at radius 1 is 1.35 bits per heavy atom. The lowest BCUT2D eigenvalue weighted by Gasteiger charge is -2.37. The maximum atomic E-state index is 12.5. The van der Waals surface area contributed by atoms with Gasteiger partial charge in [-0.2, -0.15) is 5.10 Å². The van der Waals surface area contributed by atoms with Crippen molar-refractivity contribution in [3.05, 3.63) is 12.3 Å². The number of rotatable bonds is 7. The lowest BCUT2D eigenvalue weighted by molar-refractivity contribution is -0.121. The van der Waals surface area contributed by atoms with E-state index in [4.69, 9.17) is 5.11 Å². The van der Waals surface area contributed by atoms with Crippen LogP contribution in [0, 0.1) is 0 Å². The number of piperazine rings is 1. The van der Waals surface area contributed by atoms with Gasteiger partial charge in [-0.05, 0) is 20.3 Å². The second-order valence-electron chi connectivity index (χ2n) is 6.18. The van der Waals surface area contributed by atoms with Gasteiger partial charge >= 0.3 is 0 Å². The number of aliphatic hydroxyl groups is 1. The highest BCUT2D eigenvalue weighted by molar-refractivity contribution is 5.93. The summed E-state index contributed by atoms with van der Waals surface area (Å²) in [5.74, 6) is 0.765. The average Bonchev–Trinajstić information content (AvgIpc) is 3.02. The number of β-amino-alcohol motifs (C(OH)–C–C–N with tert-alkyl or cyclic N) is 1. The maximum Gasteiger partial charge on any atom is 0.242 e. The van der Waals surface area contributed by atoms with Crippen LogP contribution in [0.2, 0.25) is 0 Å². The molecule has 7 nitrogen and oxygen atoms in total. The molecule has 0 unspecified atom stereocenters. The molecule has 2 rings (SSSR count). The van der Waals surface area contributed by atoms with Gasteiger partial charge in [0.05, 0.1) is 24.9 Å². The molecule has 23 heavy (non-hydrogen) atoms. The van der Waals surface area contributed by atoms with E-state index in [0.717, 1.165) is 38.4 Å². The Morgan fingerprint density at radius 3 is 2.65 bits per heavy atom. The SMILES string of the molecule is CC[C@@H](C)n1nccc1NC(=O)[C@@H](C)N1CCN(CCO)CC1. The summed E-state index contributed by atoms with van der Waals surface area (Å²) >= 11 is 0. The van der Waals surface area contributed by atoms with Crippen LogP contribution in [0.25, 0.3) is 0 Å². The molecule has 0 radical (unpaired) electrons. The molecule has 130 valence electrons. The molecule has 0 saturated carbocycles. The van der Waals surface area contributed by atoms with Crippen LogP contribution in [0.15, 0.2) is 12.3 Å². The van der Waals surface area contributed by atoms with Gasteiger partial charge in [0, 0.05) is 38.8 Å². The van der Waals surface area contributed by atoms with Gasteiger partial charge in [0.15, 0.2) is 0 Å². The third-order valence-corrected chi connectivity index (χ3v) is 4.68. The lowest BCUT2D eigenvalue weighted by atomic mass is 10.2. The van der Waals surface area contributed by atoms with E-state index in [1.54, 1.807) is 6.20 Å². The van der Waals surface area contributed by atoms with Crippen LogP contribution in [-0.2, 0) is 4.79 Å². The predicted octanol–water partition coefficient (Wildman–Crippen LogP) is 0.791. The Hall–Kier alpha value is -1.44. The standard InChI is InChI=1S/C16H29N5O2/c1-4-13(2)21-15(5-6-17-21)18-16(23)14(3)20-9-7-19(8-10-20)11-12-22/h5-6,13-14,22H,4,7-12H2,1-3H3,(H,18,23)/t13-,14-/m1/s1. The van der Waals surface area contributed by atoms with Crippen molar-refractivity contribution < 1.29 is 9.90 Å². The van der Waals surface area contributed by atoms with Gasteiger partial charge in [-0.25, -0.2) is 4.68 Å². The molecule has 7 heteroatoms. The highest BCUT2D eigenvalue weighted by Gasteiger charge is 2.26. The maximum absolute atomic E-state index is 12.5. The second kappa shape index (κ2) is 8.42. The molecule has 1 aliphatic heterocycles. The largest absolute Gasteiger partial charge is 0.395 e. The van der Waals surface area contributed by atoms with Crippen molar-refractivity contribution in [2.45, 2.75) is 39.3 Å². The fourth-order valence-electron chi connectivity index (χ4n) is 2.85. The minimum atomic E-state index is -0.174. The van der Waals surface area contributed by atoms with E-state index in [2.05, 4.69) is 34.1 Å². The number of amides is 1. The molecule has 1 aromatic rings. The normalized spacial score (nSPS) is 19.5. The van der Waals surface area contributed by atoms with Crippen LogP contribution >= 0.6 is 0 Å². The number of hydrogen-bond donors (Lipinski definition) is 2. The van der Waals surface area contributed by atoms with E-state index in [0.29, 0.717) is 6.54 Å². The van der Waals surface area contributed by atoms with Crippen molar-refractivity contribution in [1.82, 2.24) is 19.6 Å². The molecule has 1 fully saturated rings. The van der Waals surface area contributed by atoms with Crippen molar-refractivity contribution in [3.8, 4) is 0 Å². The molecule has 1 saturated heterocycles. The quantitative estimate of drug-likeness (QED) is 0.776. The highest BCUT2D eigenvalue weighted by atomic mass is 16.3. The number of carbonyl (C=O) groups excluding carboxylic acids is 1. The minimum absolute atomic E-state index is 0.00524. The van der Waals surface area contributed by atoms with Gasteiger partial charge in [0.1, 0.15) is 5.82 Å². The summed E-state index contributed by atoms with van der Waals surface area (Å²) < 4.78 is 1.86. The zero-order valence-corrected chi connectivity index (χ0v) is 14.4. The van der Waals surface area contributed by atoms with Crippen molar-refractivity contribution in [2.24, 2.45) is 0 Å². The summed E-state index contributed by atoms with van der Waals surface area (Å²) in [5.41, 5.74) is 0. The van der Waals surface area contributed by atoms with E-state index in [9.17, 15) is 4.79 Å². The molecule has 1 amide bonds. The molecule has 0 spiro atoms. The topological polar surface area (TPSA) is 73.6 Å². The molecule has 1 aromatic heterocycles. The number of aliphatic hydroxyl groups excluding tert-OH is 1. The molecular weight excluding hydrogens is 294 g/mol. The number of nitrogens with zero attached hydrogens (tertiary/aromatic N) is 4. The van der Waals surface area contributed by atoms with Crippen LogP contribution < -0.4 is 5.32 Å². The summed E-state index contributed by atoms with van der Waals surface area (Å²) in [5, 5.41) is 16.3. The van der Waals surface area contributed by atoms with Crippen LogP contribution in [0.4, 0.5) is 5.82 Å². The molecule has 0 bridgehead atoms. The summed E-state index contributed by atoms with van der Waals surface area (Å²) in [6, 6.07) is 1.93. The highest BCUT2D eigenvalue weighted by Crippen LogP contribution is 2.17. The van der Waals surface area contributed by atoms with Crippen LogP contribution in [0.3, 0.4) is 0 Å². The predicted molar refractivity (Wildman–Crippen MR) is 90.4 cm³/mol. The van der Waals surface area contributed by atoms with Gasteiger partial charge in [-0.3, -0.25) is 14.6 Å². The Morgan fingerprint density at radius 2 is 2.04 bits per heavy atom. The van der Waals surface area contributed by atoms with Crippen molar-refractivity contribution in [2.75, 3.05) is 44.6 Å². The number of anilines is 1. The molecule has 2 N–H and O–H groups in total. The zero-order chi connectivity index (χ0) is 16.8. The van der Waals surface area contributed by atoms with Crippen molar-refractivity contribution in [1.29, 1.82) is 0 Å². The molecule has 1 aliphatic rings. The zero-order valence-electron chi connectivity index (χ0n) is 14.4. The molecule has 0 aliphatic carbocycles. The summed E-state index contributed by atoms with van der Waals surface area (Å²) in [6.45, 7) is 10.5. The fourth-order valence-corrected chi connectivity index (χ4v) is 2.85.